The van der Waals surface area contributed by atoms with Gasteiger partial charge in [0.25, 0.3) is 0 Å². The Balaban J connectivity index is 2.06. The molecule has 0 saturated heterocycles. The van der Waals surface area contributed by atoms with Crippen LogP contribution < -0.4 is 0 Å². The lowest BCUT2D eigenvalue weighted by molar-refractivity contribution is 0.993. The third-order valence-corrected chi connectivity index (χ3v) is 4.93. The molecule has 1 aliphatic heterocycles. The fraction of sp³-hybridized carbons (Fsp3) is 0.286. The lowest BCUT2D eigenvalue weighted by atomic mass is 10.0. The van der Waals surface area contributed by atoms with Gasteiger partial charge < -0.3 is 0 Å². The Morgan fingerprint density at radius 3 is 2.81 bits per heavy atom. The van der Waals surface area contributed by atoms with Crippen molar-refractivity contribution in [3.63, 3.8) is 0 Å². The molecule has 2 aliphatic carbocycles. The predicted octanol–water partition coefficient (Wildman–Crippen LogP) is 2.70. The maximum absolute atomic E-state index is 4.88. The number of nitrogens with zero attached hydrogens (tertiary/aromatic N) is 1. The molecule has 0 aromatic carbocycles. The molecule has 3 rings (SSSR count). The summed E-state index contributed by atoms with van der Waals surface area (Å²) in [5.74, 6) is 0. The molecule has 1 atom stereocenters. The van der Waals surface area contributed by atoms with Crippen LogP contribution in [0.5, 0.6) is 0 Å². The summed E-state index contributed by atoms with van der Waals surface area (Å²) in [6.07, 6.45) is 14.2. The van der Waals surface area contributed by atoms with Gasteiger partial charge in [0.15, 0.2) is 0 Å². The minimum absolute atomic E-state index is 0.352. The molecule has 0 radical (unpaired) electrons. The second kappa shape index (κ2) is 3.63. The van der Waals surface area contributed by atoms with E-state index in [0.717, 1.165) is 6.42 Å². The Hall–Kier alpha value is -1.28. The van der Waals surface area contributed by atoms with E-state index in [-0.39, 0.29) is 0 Å². The molecular weight excluding hydrogens is 210 g/mol. The van der Waals surface area contributed by atoms with Crippen molar-refractivity contribution < 1.29 is 0 Å². The average molecular weight is 225 g/mol. The van der Waals surface area contributed by atoms with Crippen molar-refractivity contribution in [2.45, 2.75) is 25.6 Å². The van der Waals surface area contributed by atoms with Crippen LogP contribution in [-0.4, -0.2) is 25.3 Å². The van der Waals surface area contributed by atoms with Crippen molar-refractivity contribution in [1.82, 2.24) is 0 Å². The van der Waals surface area contributed by atoms with Crippen LogP contribution in [0.3, 0.4) is 0 Å². The van der Waals surface area contributed by atoms with Gasteiger partial charge in [-0.15, -0.1) is 0 Å². The molecule has 16 heavy (non-hydrogen) atoms. The van der Waals surface area contributed by atoms with Crippen LogP contribution >= 0.6 is 0 Å². The lowest BCUT2D eigenvalue weighted by Crippen LogP contribution is -2.24. The monoisotopic (exact) mass is 225 g/mol. The number of aliphatic imine (C=N–C) groups is 1. The van der Waals surface area contributed by atoms with Gasteiger partial charge in [-0.1, -0.05) is 43.5 Å². The van der Waals surface area contributed by atoms with Crippen molar-refractivity contribution >= 4 is 19.3 Å². The highest BCUT2D eigenvalue weighted by Crippen LogP contribution is 2.29. The summed E-state index contributed by atoms with van der Waals surface area (Å²) in [5.41, 5.74) is 4.09. The van der Waals surface area contributed by atoms with E-state index < -0.39 is 8.41 Å². The Kier molecular flexibility index (Phi) is 2.25. The molecule has 0 N–H and O–H groups in total. The summed E-state index contributed by atoms with van der Waals surface area (Å²) in [6, 6.07) is 0.352. The van der Waals surface area contributed by atoms with Crippen molar-refractivity contribution in [2.24, 2.45) is 4.99 Å². The quantitative estimate of drug-likeness (QED) is 0.608. The van der Waals surface area contributed by atoms with Gasteiger partial charge in [0.1, 0.15) is 0 Å². The molecule has 3 aliphatic rings. The van der Waals surface area contributed by atoms with Gasteiger partial charge in [0.05, 0.1) is 11.8 Å². The van der Waals surface area contributed by atoms with Crippen LogP contribution in [-0.2, 0) is 0 Å². The van der Waals surface area contributed by atoms with E-state index >= 15 is 0 Å². The van der Waals surface area contributed by atoms with E-state index in [4.69, 9.17) is 4.99 Å². The molecule has 1 unspecified atom stereocenters. The summed E-state index contributed by atoms with van der Waals surface area (Å²) >= 11 is 0. The first-order valence-corrected chi connectivity index (χ1v) is 8.27. The van der Waals surface area contributed by atoms with Gasteiger partial charge in [0.2, 0.25) is 0 Å². The first-order chi connectivity index (χ1) is 7.77. The van der Waals surface area contributed by atoms with E-state index in [1.54, 1.807) is 5.17 Å². The SMILES string of the molecule is C[Si](C)=C1C2=CC=CC2=NC1C1=CC=CC1. The van der Waals surface area contributed by atoms with Crippen molar-refractivity contribution in [3.8, 4) is 0 Å². The second-order valence-electron chi connectivity index (χ2n) is 4.64. The zero-order valence-corrected chi connectivity index (χ0v) is 10.7. The van der Waals surface area contributed by atoms with Gasteiger partial charge in [0, 0.05) is 14.0 Å². The molecule has 0 saturated carbocycles. The number of hydrogen-bond acceptors (Lipinski definition) is 1. The van der Waals surface area contributed by atoms with Crippen LogP contribution in [0.15, 0.2) is 52.6 Å². The molecule has 0 bridgehead atoms. The summed E-state index contributed by atoms with van der Waals surface area (Å²) in [6.45, 7) is 4.74. The molecule has 0 amide bonds. The van der Waals surface area contributed by atoms with Gasteiger partial charge in [-0.05, 0) is 23.2 Å². The Bertz CT molecular complexity index is 523. The molecule has 0 aromatic heterocycles. The molecule has 1 nitrogen and oxygen atoms in total. The predicted molar refractivity (Wildman–Crippen MR) is 72.8 cm³/mol. The smallest absolute Gasteiger partial charge is 0.0936 e. The highest BCUT2D eigenvalue weighted by molar-refractivity contribution is 6.76. The highest BCUT2D eigenvalue weighted by atomic mass is 28.2. The zero-order valence-electron chi connectivity index (χ0n) is 9.70. The van der Waals surface area contributed by atoms with Gasteiger partial charge >= 0.3 is 0 Å². The number of hydrogen-bond donors (Lipinski definition) is 0. The van der Waals surface area contributed by atoms with Crippen LogP contribution in [0.1, 0.15) is 6.42 Å². The fourth-order valence-electron chi connectivity index (χ4n) is 2.58. The average Bonchev–Trinajstić information content (AvgIpc) is 2.92. The zero-order chi connectivity index (χ0) is 11.1. The van der Waals surface area contributed by atoms with E-state index in [0.29, 0.717) is 6.04 Å². The van der Waals surface area contributed by atoms with Gasteiger partial charge in [-0.2, -0.15) is 0 Å². The van der Waals surface area contributed by atoms with Crippen LogP contribution in [0, 0.1) is 0 Å². The summed E-state index contributed by atoms with van der Waals surface area (Å²) in [7, 11) is -0.425. The molecule has 0 aromatic rings. The Morgan fingerprint density at radius 2 is 2.12 bits per heavy atom. The molecule has 1 heterocycles. The normalized spacial score (nSPS) is 25.8. The summed E-state index contributed by atoms with van der Waals surface area (Å²) < 4.78 is 0. The van der Waals surface area contributed by atoms with Crippen molar-refractivity contribution in [1.29, 1.82) is 0 Å². The van der Waals surface area contributed by atoms with Crippen LogP contribution in [0.2, 0.25) is 13.1 Å². The van der Waals surface area contributed by atoms with Crippen molar-refractivity contribution in [2.75, 3.05) is 0 Å². The van der Waals surface area contributed by atoms with Crippen LogP contribution in [0.25, 0.3) is 0 Å². The Morgan fingerprint density at radius 1 is 1.25 bits per heavy atom. The van der Waals surface area contributed by atoms with Crippen LogP contribution in [0.4, 0.5) is 0 Å². The van der Waals surface area contributed by atoms with E-state index in [1.165, 1.54) is 16.9 Å². The maximum atomic E-state index is 4.88. The fourth-order valence-corrected chi connectivity index (χ4v) is 4.13. The first-order valence-electron chi connectivity index (χ1n) is 5.77. The topological polar surface area (TPSA) is 12.4 Å². The number of fused-ring (bicyclic) bond motifs is 1. The Labute approximate surface area is 97.8 Å². The maximum Gasteiger partial charge on any atom is 0.0936 e. The third kappa shape index (κ3) is 1.37. The molecule has 0 fully saturated rings. The van der Waals surface area contributed by atoms with Gasteiger partial charge in [-0.3, -0.25) is 4.99 Å². The molecule has 0 spiro atoms. The molecular formula is C14H15NSi. The molecule has 2 heteroatoms. The lowest BCUT2D eigenvalue weighted by Gasteiger charge is -2.14. The third-order valence-electron chi connectivity index (χ3n) is 3.31. The standard InChI is InChI=1S/C14H15NSi/c1-16(2)14-11-8-5-9-12(11)15-13(14)10-6-3-4-7-10/h3-6,8-9,13H,7H2,1-2H3. The van der Waals surface area contributed by atoms with E-state index in [9.17, 15) is 0 Å². The second-order valence-corrected chi connectivity index (χ2v) is 7.18. The highest BCUT2D eigenvalue weighted by Gasteiger charge is 2.31. The number of allylic oxidation sites excluding steroid dienone is 6. The minimum atomic E-state index is -0.425. The summed E-state index contributed by atoms with van der Waals surface area (Å²) in [5, 5.41) is 1.60. The number of rotatable bonds is 1. The van der Waals surface area contributed by atoms with Gasteiger partial charge in [-0.25, -0.2) is 0 Å². The summed E-state index contributed by atoms with van der Waals surface area (Å²) in [4.78, 5) is 4.88. The first kappa shape index (κ1) is 9.91. The largest absolute Gasteiger partial charge is 0.273 e. The van der Waals surface area contributed by atoms with E-state index in [2.05, 4.69) is 49.6 Å². The van der Waals surface area contributed by atoms with Crippen molar-refractivity contribution in [3.05, 3.63) is 47.6 Å². The van der Waals surface area contributed by atoms with E-state index in [1.807, 2.05) is 0 Å². The minimum Gasteiger partial charge on any atom is -0.273 e. The molecule has 80 valence electrons.